The van der Waals surface area contributed by atoms with Gasteiger partial charge in [0.15, 0.2) is 0 Å². The first-order chi connectivity index (χ1) is 12.3. The molecule has 1 aromatic rings. The monoisotopic (exact) mass is 404 g/mol. The topological polar surface area (TPSA) is 77.9 Å². The molecule has 0 amide bonds. The number of likely N-dealkylation sites (tertiary alicyclic amines) is 1. The fourth-order valence-corrected chi connectivity index (χ4v) is 5.45. The molecule has 6 nitrogen and oxygen atoms in total. The number of aromatic carboxylic acids is 1. The van der Waals surface area contributed by atoms with Crippen LogP contribution in [-0.2, 0) is 10.0 Å². The zero-order chi connectivity index (χ0) is 18.9. The van der Waals surface area contributed by atoms with Crippen LogP contribution in [0.15, 0.2) is 17.0 Å². The Hall–Kier alpha value is -1.22. The number of benzene rings is 1. The Balaban J connectivity index is 1.76. The van der Waals surface area contributed by atoms with Crippen molar-refractivity contribution in [3.05, 3.63) is 28.5 Å². The SMILES string of the molecule is O=C(O)c1cc(S(=O)(=O)N2CCC(N3CCCCC3)CC2)cc(F)c1Cl. The van der Waals surface area contributed by atoms with Crippen LogP contribution in [0.3, 0.4) is 0 Å². The molecule has 0 atom stereocenters. The van der Waals surface area contributed by atoms with Crippen LogP contribution in [0.25, 0.3) is 0 Å². The maximum Gasteiger partial charge on any atom is 0.337 e. The number of nitrogens with zero attached hydrogens (tertiary/aromatic N) is 2. The first kappa shape index (κ1) is 19.5. The molecule has 2 aliphatic heterocycles. The number of piperidine rings is 2. The fourth-order valence-electron chi connectivity index (χ4n) is 3.75. The van der Waals surface area contributed by atoms with Gasteiger partial charge < -0.3 is 10.0 Å². The number of hydrogen-bond donors (Lipinski definition) is 1. The number of sulfonamides is 1. The highest BCUT2D eigenvalue weighted by Gasteiger charge is 2.33. The average molecular weight is 405 g/mol. The summed E-state index contributed by atoms with van der Waals surface area (Å²) in [6.45, 7) is 2.80. The number of carboxylic acid groups (broad SMARTS) is 1. The van der Waals surface area contributed by atoms with E-state index in [0.717, 1.165) is 38.1 Å². The third kappa shape index (κ3) is 3.88. The molecule has 0 aromatic heterocycles. The summed E-state index contributed by atoms with van der Waals surface area (Å²) in [4.78, 5) is 13.2. The molecule has 0 spiro atoms. The first-order valence-corrected chi connectivity index (χ1v) is 10.6. The molecule has 0 bridgehead atoms. The Labute approximate surface area is 157 Å². The summed E-state index contributed by atoms with van der Waals surface area (Å²) < 4.78 is 40.9. The third-order valence-corrected chi connectivity index (χ3v) is 7.46. The van der Waals surface area contributed by atoms with Crippen LogP contribution in [0.1, 0.15) is 42.5 Å². The molecule has 0 aliphatic carbocycles. The third-order valence-electron chi connectivity index (χ3n) is 5.20. The molecule has 1 N–H and O–H groups in total. The van der Waals surface area contributed by atoms with Crippen LogP contribution >= 0.6 is 11.6 Å². The second kappa shape index (κ2) is 7.80. The largest absolute Gasteiger partial charge is 0.478 e. The standard InChI is InChI=1S/C17H22ClFN2O4S/c18-16-14(17(22)23)10-13(11-15(16)19)26(24,25)21-8-4-12(5-9-21)20-6-2-1-3-7-20/h10-12H,1-9H2,(H,22,23). The van der Waals surface area contributed by atoms with Gasteiger partial charge in [0, 0.05) is 19.1 Å². The van der Waals surface area contributed by atoms with Crippen molar-refractivity contribution in [3.63, 3.8) is 0 Å². The van der Waals surface area contributed by atoms with E-state index in [-0.39, 0.29) is 4.90 Å². The van der Waals surface area contributed by atoms with Gasteiger partial charge in [-0.1, -0.05) is 18.0 Å². The summed E-state index contributed by atoms with van der Waals surface area (Å²) in [5, 5.41) is 8.52. The lowest BCUT2D eigenvalue weighted by Crippen LogP contribution is -2.48. The molecule has 144 valence electrons. The lowest BCUT2D eigenvalue weighted by Gasteiger charge is -2.39. The van der Waals surface area contributed by atoms with Gasteiger partial charge in [-0.3, -0.25) is 0 Å². The summed E-state index contributed by atoms with van der Waals surface area (Å²) in [6.07, 6.45) is 5.06. The van der Waals surface area contributed by atoms with E-state index in [1.54, 1.807) is 0 Å². The molecule has 0 saturated carbocycles. The normalized spacial score (nSPS) is 21.0. The molecular formula is C17H22ClFN2O4S. The highest BCUT2D eigenvalue weighted by atomic mass is 35.5. The summed E-state index contributed by atoms with van der Waals surface area (Å²) in [5.41, 5.74) is -0.548. The fraction of sp³-hybridized carbons (Fsp3) is 0.588. The van der Waals surface area contributed by atoms with Crippen LogP contribution in [0.4, 0.5) is 4.39 Å². The second-order valence-electron chi connectivity index (χ2n) is 6.80. The lowest BCUT2D eigenvalue weighted by atomic mass is 10.0. The highest BCUT2D eigenvalue weighted by molar-refractivity contribution is 7.89. The van der Waals surface area contributed by atoms with E-state index in [1.807, 2.05) is 0 Å². The van der Waals surface area contributed by atoms with Crippen molar-refractivity contribution in [2.24, 2.45) is 0 Å². The van der Waals surface area contributed by atoms with Crippen LogP contribution in [0.5, 0.6) is 0 Å². The molecule has 2 aliphatic rings. The Kier molecular flexibility index (Phi) is 5.86. The predicted octanol–water partition coefficient (Wildman–Crippen LogP) is 2.82. The van der Waals surface area contributed by atoms with E-state index in [9.17, 15) is 17.6 Å². The predicted molar refractivity (Wildman–Crippen MR) is 95.6 cm³/mol. The smallest absolute Gasteiger partial charge is 0.337 e. The van der Waals surface area contributed by atoms with Crippen molar-refractivity contribution in [1.82, 2.24) is 9.21 Å². The number of rotatable bonds is 4. The van der Waals surface area contributed by atoms with Gasteiger partial charge in [0.1, 0.15) is 5.82 Å². The first-order valence-electron chi connectivity index (χ1n) is 8.77. The van der Waals surface area contributed by atoms with Crippen molar-refractivity contribution >= 4 is 27.6 Å². The van der Waals surface area contributed by atoms with E-state index in [2.05, 4.69) is 4.90 Å². The van der Waals surface area contributed by atoms with Crippen LogP contribution < -0.4 is 0 Å². The highest BCUT2D eigenvalue weighted by Crippen LogP contribution is 2.29. The minimum Gasteiger partial charge on any atom is -0.478 e. The Bertz CT molecular complexity index is 788. The molecule has 2 heterocycles. The van der Waals surface area contributed by atoms with Crippen LogP contribution in [0, 0.1) is 5.82 Å². The molecule has 0 unspecified atom stereocenters. The number of hydrogen-bond acceptors (Lipinski definition) is 4. The van der Waals surface area contributed by atoms with Crippen molar-refractivity contribution in [2.45, 2.75) is 43.0 Å². The maximum atomic E-state index is 13.9. The van der Waals surface area contributed by atoms with E-state index < -0.39 is 32.4 Å². The van der Waals surface area contributed by atoms with Crippen LogP contribution in [-0.4, -0.2) is 60.9 Å². The second-order valence-corrected chi connectivity index (χ2v) is 9.12. The number of halogens is 2. The molecular weight excluding hydrogens is 383 g/mol. The molecule has 2 fully saturated rings. The molecule has 3 rings (SSSR count). The Morgan fingerprint density at radius 3 is 2.31 bits per heavy atom. The van der Waals surface area contributed by atoms with Crippen LogP contribution in [0.2, 0.25) is 5.02 Å². The van der Waals surface area contributed by atoms with Gasteiger partial charge in [0.2, 0.25) is 10.0 Å². The molecule has 2 saturated heterocycles. The van der Waals surface area contributed by atoms with E-state index in [0.29, 0.717) is 19.1 Å². The van der Waals surface area contributed by atoms with E-state index in [1.165, 1.54) is 23.6 Å². The van der Waals surface area contributed by atoms with E-state index in [4.69, 9.17) is 16.7 Å². The average Bonchev–Trinajstić information content (AvgIpc) is 2.64. The van der Waals surface area contributed by atoms with Crippen molar-refractivity contribution < 1.29 is 22.7 Å². The van der Waals surface area contributed by atoms with Gasteiger partial charge in [-0.25, -0.2) is 17.6 Å². The van der Waals surface area contributed by atoms with Gasteiger partial charge in [-0.2, -0.15) is 4.31 Å². The minimum atomic E-state index is -3.96. The Morgan fingerprint density at radius 1 is 1.12 bits per heavy atom. The molecule has 1 aromatic carbocycles. The van der Waals surface area contributed by atoms with Gasteiger partial charge in [-0.15, -0.1) is 0 Å². The summed E-state index contributed by atoms with van der Waals surface area (Å²) in [5.74, 6) is -2.51. The van der Waals surface area contributed by atoms with Gasteiger partial charge in [-0.05, 0) is 50.9 Å². The molecule has 9 heteroatoms. The van der Waals surface area contributed by atoms with Gasteiger partial charge in [0.25, 0.3) is 0 Å². The zero-order valence-electron chi connectivity index (χ0n) is 14.3. The quantitative estimate of drug-likeness (QED) is 0.834. The minimum absolute atomic E-state index is 0.343. The molecule has 26 heavy (non-hydrogen) atoms. The molecule has 0 radical (unpaired) electrons. The summed E-state index contributed by atoms with van der Waals surface area (Å²) >= 11 is 5.63. The van der Waals surface area contributed by atoms with Gasteiger partial charge in [0.05, 0.1) is 15.5 Å². The maximum absolute atomic E-state index is 13.9. The summed E-state index contributed by atoms with van der Waals surface area (Å²) in [7, 11) is -3.96. The number of carbonyl (C=O) groups is 1. The summed E-state index contributed by atoms with van der Waals surface area (Å²) in [6, 6.07) is 2.10. The van der Waals surface area contributed by atoms with Crippen molar-refractivity contribution in [3.8, 4) is 0 Å². The lowest BCUT2D eigenvalue weighted by molar-refractivity contribution is 0.0696. The Morgan fingerprint density at radius 2 is 1.73 bits per heavy atom. The van der Waals surface area contributed by atoms with E-state index >= 15 is 0 Å². The van der Waals surface area contributed by atoms with Gasteiger partial charge >= 0.3 is 5.97 Å². The van der Waals surface area contributed by atoms with Crippen molar-refractivity contribution in [1.29, 1.82) is 0 Å². The number of carboxylic acids is 1. The zero-order valence-corrected chi connectivity index (χ0v) is 15.9. The van der Waals surface area contributed by atoms with Crippen molar-refractivity contribution in [2.75, 3.05) is 26.2 Å².